The van der Waals surface area contributed by atoms with Gasteiger partial charge in [-0.25, -0.2) is 12.7 Å². The monoisotopic (exact) mass is 311 g/mol. The highest BCUT2D eigenvalue weighted by Gasteiger charge is 2.30. The summed E-state index contributed by atoms with van der Waals surface area (Å²) in [5.74, 6) is 0.155. The van der Waals surface area contributed by atoms with Crippen LogP contribution in [0.3, 0.4) is 0 Å². The number of nitrogens with one attached hydrogen (secondary N) is 1. The van der Waals surface area contributed by atoms with Crippen molar-refractivity contribution < 1.29 is 13.2 Å². The van der Waals surface area contributed by atoms with Gasteiger partial charge >= 0.3 is 0 Å². The summed E-state index contributed by atoms with van der Waals surface area (Å²) < 4.78 is 26.2. The minimum atomic E-state index is -3.49. The molecule has 1 aliphatic rings. The van der Waals surface area contributed by atoms with Crippen molar-refractivity contribution in [2.24, 2.45) is 11.7 Å². The molecule has 6 nitrogen and oxygen atoms in total. The molecule has 1 aromatic rings. The molecule has 0 saturated heterocycles. The Balaban J connectivity index is 2.05. The predicted molar refractivity (Wildman–Crippen MR) is 81.3 cm³/mol. The molecule has 2 rings (SSSR count). The van der Waals surface area contributed by atoms with E-state index in [4.69, 9.17) is 5.73 Å². The normalized spacial score (nSPS) is 21.9. The molecule has 0 radical (unpaired) electrons. The summed E-state index contributed by atoms with van der Waals surface area (Å²) in [6.45, 7) is 1.89. The third kappa shape index (κ3) is 3.81. The number of amides is 1. The summed E-state index contributed by atoms with van der Waals surface area (Å²) in [4.78, 5) is 11.2. The highest BCUT2D eigenvalue weighted by molar-refractivity contribution is 7.89. The van der Waals surface area contributed by atoms with Gasteiger partial charge in [-0.05, 0) is 43.0 Å². The van der Waals surface area contributed by atoms with E-state index in [9.17, 15) is 13.2 Å². The molecule has 0 aromatic heterocycles. The third-order valence-electron chi connectivity index (χ3n) is 3.67. The van der Waals surface area contributed by atoms with Crippen LogP contribution in [0.1, 0.15) is 19.8 Å². The van der Waals surface area contributed by atoms with Crippen LogP contribution < -0.4 is 11.1 Å². The van der Waals surface area contributed by atoms with Gasteiger partial charge in [0.2, 0.25) is 15.9 Å². The van der Waals surface area contributed by atoms with E-state index >= 15 is 0 Å². The lowest BCUT2D eigenvalue weighted by Gasteiger charge is -2.34. The van der Waals surface area contributed by atoms with Crippen LogP contribution in [0.5, 0.6) is 0 Å². The summed E-state index contributed by atoms with van der Waals surface area (Å²) in [6, 6.07) is 6.39. The van der Waals surface area contributed by atoms with E-state index < -0.39 is 10.0 Å². The Hall–Kier alpha value is -1.44. The first kappa shape index (κ1) is 15.9. The second kappa shape index (κ2) is 6.13. The van der Waals surface area contributed by atoms with E-state index in [0.717, 1.165) is 12.8 Å². The van der Waals surface area contributed by atoms with Crippen molar-refractivity contribution in [2.45, 2.75) is 30.7 Å². The number of sulfonamides is 1. The van der Waals surface area contributed by atoms with Gasteiger partial charge in [-0.2, -0.15) is 0 Å². The van der Waals surface area contributed by atoms with Crippen molar-refractivity contribution >= 4 is 21.6 Å². The maximum Gasteiger partial charge on any atom is 0.242 e. The number of carbonyl (C=O) groups is 1. The number of hydrogen-bond acceptors (Lipinski definition) is 4. The molecule has 116 valence electrons. The maximum atomic E-state index is 12.4. The Morgan fingerprint density at radius 1 is 1.33 bits per heavy atom. The van der Waals surface area contributed by atoms with Crippen LogP contribution in [-0.2, 0) is 14.8 Å². The Labute approximate surface area is 125 Å². The van der Waals surface area contributed by atoms with E-state index in [0.29, 0.717) is 18.2 Å². The van der Waals surface area contributed by atoms with Crippen LogP contribution >= 0.6 is 0 Å². The molecule has 1 aromatic carbocycles. The van der Waals surface area contributed by atoms with Gasteiger partial charge < -0.3 is 11.1 Å². The van der Waals surface area contributed by atoms with Crippen molar-refractivity contribution in [1.29, 1.82) is 0 Å². The van der Waals surface area contributed by atoms with Crippen molar-refractivity contribution in [3.05, 3.63) is 24.3 Å². The molecule has 7 heteroatoms. The quantitative estimate of drug-likeness (QED) is 0.848. The van der Waals surface area contributed by atoms with Gasteiger partial charge in [0, 0.05) is 32.2 Å². The average Bonchev–Trinajstić information content (AvgIpc) is 2.36. The summed E-state index contributed by atoms with van der Waals surface area (Å²) in [5.41, 5.74) is 6.30. The topological polar surface area (TPSA) is 92.5 Å². The predicted octanol–water partition coefficient (Wildman–Crippen LogP) is 1.00. The largest absolute Gasteiger partial charge is 0.328 e. The zero-order valence-corrected chi connectivity index (χ0v) is 13.1. The molecule has 0 bridgehead atoms. The molecular weight excluding hydrogens is 290 g/mol. The van der Waals surface area contributed by atoms with Gasteiger partial charge in [0.05, 0.1) is 4.90 Å². The van der Waals surface area contributed by atoms with Crippen molar-refractivity contribution in [3.8, 4) is 0 Å². The Kier molecular flexibility index (Phi) is 4.65. The molecule has 1 amide bonds. The smallest absolute Gasteiger partial charge is 0.242 e. The van der Waals surface area contributed by atoms with E-state index in [1.807, 2.05) is 0 Å². The minimum absolute atomic E-state index is 0.191. The number of nitrogens with two attached hydrogens (primary N) is 1. The molecule has 0 aliphatic heterocycles. The van der Waals surface area contributed by atoms with Gasteiger partial charge in [-0.15, -0.1) is 0 Å². The number of benzene rings is 1. The molecular formula is C14H21N3O3S. The van der Waals surface area contributed by atoms with E-state index in [1.165, 1.54) is 23.4 Å². The van der Waals surface area contributed by atoms with E-state index in [1.54, 1.807) is 19.2 Å². The fourth-order valence-corrected chi connectivity index (χ4v) is 3.74. The summed E-state index contributed by atoms with van der Waals surface area (Å²) in [7, 11) is -1.91. The summed E-state index contributed by atoms with van der Waals surface area (Å²) in [6.07, 6.45) is 1.75. The van der Waals surface area contributed by atoms with E-state index in [2.05, 4.69) is 5.32 Å². The molecule has 1 fully saturated rings. The molecule has 0 heterocycles. The van der Waals surface area contributed by atoms with Gasteiger partial charge in [0.15, 0.2) is 0 Å². The molecule has 0 atom stereocenters. The third-order valence-corrected chi connectivity index (χ3v) is 5.51. The highest BCUT2D eigenvalue weighted by atomic mass is 32.2. The molecule has 1 saturated carbocycles. The lowest BCUT2D eigenvalue weighted by molar-refractivity contribution is -0.114. The fraction of sp³-hybridized carbons (Fsp3) is 0.500. The average molecular weight is 311 g/mol. The Bertz CT molecular complexity index is 607. The van der Waals surface area contributed by atoms with Crippen LogP contribution in [0.15, 0.2) is 29.2 Å². The number of rotatable bonds is 5. The second-order valence-corrected chi connectivity index (χ2v) is 7.63. The highest BCUT2D eigenvalue weighted by Crippen LogP contribution is 2.28. The lowest BCUT2D eigenvalue weighted by Crippen LogP contribution is -2.43. The zero-order chi connectivity index (χ0) is 15.6. The standard InChI is InChI=1S/C14H21N3O3S/c1-10(18)16-13-3-5-14(6-4-13)21(19,20)17(2)9-11-7-12(15)8-11/h3-6,11-12H,7-9,15H2,1-2H3,(H,16,18). The van der Waals surface area contributed by atoms with Crippen LogP contribution in [0.4, 0.5) is 5.69 Å². The summed E-state index contributed by atoms with van der Waals surface area (Å²) >= 11 is 0. The van der Waals surface area contributed by atoms with Gasteiger partial charge in [-0.3, -0.25) is 4.79 Å². The molecule has 21 heavy (non-hydrogen) atoms. The SMILES string of the molecule is CC(=O)Nc1ccc(S(=O)(=O)N(C)CC2CC(N)C2)cc1. The summed E-state index contributed by atoms with van der Waals surface area (Å²) in [5, 5.41) is 2.61. The number of hydrogen-bond donors (Lipinski definition) is 2. The second-order valence-electron chi connectivity index (χ2n) is 5.59. The number of carbonyl (C=O) groups excluding carboxylic acids is 1. The zero-order valence-electron chi connectivity index (χ0n) is 12.2. The molecule has 3 N–H and O–H groups in total. The van der Waals surface area contributed by atoms with Gasteiger partial charge in [0.1, 0.15) is 0 Å². The van der Waals surface area contributed by atoms with E-state index in [-0.39, 0.29) is 16.8 Å². The molecule has 1 aliphatic carbocycles. The first-order valence-electron chi connectivity index (χ1n) is 6.88. The van der Waals surface area contributed by atoms with Crippen molar-refractivity contribution in [2.75, 3.05) is 18.9 Å². The maximum absolute atomic E-state index is 12.4. The number of anilines is 1. The van der Waals surface area contributed by atoms with Crippen molar-refractivity contribution in [1.82, 2.24) is 4.31 Å². The van der Waals surface area contributed by atoms with Crippen LogP contribution in [0, 0.1) is 5.92 Å². The van der Waals surface area contributed by atoms with Gasteiger partial charge in [0.25, 0.3) is 0 Å². The fourth-order valence-electron chi connectivity index (χ4n) is 2.49. The van der Waals surface area contributed by atoms with Crippen LogP contribution in [-0.4, -0.2) is 38.3 Å². The molecule has 0 unspecified atom stereocenters. The van der Waals surface area contributed by atoms with Crippen LogP contribution in [0.2, 0.25) is 0 Å². The first-order valence-corrected chi connectivity index (χ1v) is 8.32. The molecule has 0 spiro atoms. The minimum Gasteiger partial charge on any atom is -0.328 e. The van der Waals surface area contributed by atoms with Gasteiger partial charge in [-0.1, -0.05) is 0 Å². The van der Waals surface area contributed by atoms with Crippen molar-refractivity contribution in [3.63, 3.8) is 0 Å². The Morgan fingerprint density at radius 2 is 1.90 bits per heavy atom. The number of nitrogens with zero attached hydrogens (tertiary/aromatic N) is 1. The van der Waals surface area contributed by atoms with Crippen LogP contribution in [0.25, 0.3) is 0 Å². The first-order chi connectivity index (χ1) is 9.79. The Morgan fingerprint density at radius 3 is 2.38 bits per heavy atom. The lowest BCUT2D eigenvalue weighted by atomic mass is 9.81.